The lowest BCUT2D eigenvalue weighted by atomic mass is 9.84. The van der Waals surface area contributed by atoms with Crippen LogP contribution in [0.2, 0.25) is 0 Å². The number of fused-ring (bicyclic) bond motifs is 2. The number of hydrogen-bond donors (Lipinski definition) is 0. The van der Waals surface area contributed by atoms with Gasteiger partial charge in [0.1, 0.15) is 0 Å². The van der Waals surface area contributed by atoms with Crippen LogP contribution < -0.4 is 0 Å². The van der Waals surface area contributed by atoms with E-state index in [4.69, 9.17) is 0 Å². The van der Waals surface area contributed by atoms with Crippen molar-refractivity contribution in [2.45, 2.75) is 32.6 Å². The highest BCUT2D eigenvalue weighted by Crippen LogP contribution is 2.50. The van der Waals surface area contributed by atoms with Crippen LogP contribution in [0, 0.1) is 17.8 Å². The molecule has 0 N–H and O–H groups in total. The molecule has 56 valence electrons. The Hall–Kier alpha value is -0.260. The zero-order chi connectivity index (χ0) is 7.14. The van der Waals surface area contributed by atoms with Crippen LogP contribution in [0.25, 0.3) is 0 Å². The molecule has 0 heteroatoms. The highest BCUT2D eigenvalue weighted by atomic mass is 14.4. The molecule has 2 fully saturated rings. The number of hydrogen-bond acceptors (Lipinski definition) is 0. The largest absolute Gasteiger partial charge is 0.0999 e. The van der Waals surface area contributed by atoms with Crippen LogP contribution in [0.4, 0.5) is 0 Å². The molecule has 0 radical (unpaired) electrons. The van der Waals surface area contributed by atoms with Gasteiger partial charge in [0.2, 0.25) is 0 Å². The molecule has 0 spiro atoms. The molecule has 0 amide bonds. The lowest BCUT2D eigenvalue weighted by Crippen LogP contribution is -2.10. The van der Waals surface area contributed by atoms with Gasteiger partial charge in [0.25, 0.3) is 0 Å². The van der Waals surface area contributed by atoms with Gasteiger partial charge in [-0.05, 0) is 43.9 Å². The van der Waals surface area contributed by atoms with E-state index in [-0.39, 0.29) is 0 Å². The predicted molar refractivity (Wildman–Crippen MR) is 43.8 cm³/mol. The van der Waals surface area contributed by atoms with Crippen LogP contribution in [-0.2, 0) is 0 Å². The minimum Gasteiger partial charge on any atom is -0.0999 e. The van der Waals surface area contributed by atoms with E-state index in [2.05, 4.69) is 13.5 Å². The van der Waals surface area contributed by atoms with Gasteiger partial charge in [-0.15, -0.1) is 0 Å². The highest BCUT2D eigenvalue weighted by Gasteiger charge is 2.39. The fraction of sp³-hybridized carbons (Fsp3) is 0.800. The van der Waals surface area contributed by atoms with Crippen molar-refractivity contribution in [3.8, 4) is 0 Å². The minimum absolute atomic E-state index is 0.902. The molecule has 2 aliphatic rings. The van der Waals surface area contributed by atoms with Crippen molar-refractivity contribution in [1.29, 1.82) is 0 Å². The summed E-state index contributed by atoms with van der Waals surface area (Å²) in [5.41, 5.74) is 1.44. The topological polar surface area (TPSA) is 0 Å². The van der Waals surface area contributed by atoms with Crippen LogP contribution in [0.5, 0.6) is 0 Å². The zero-order valence-corrected chi connectivity index (χ0v) is 6.77. The van der Waals surface area contributed by atoms with Crippen molar-refractivity contribution in [2.75, 3.05) is 0 Å². The third-order valence-electron chi connectivity index (χ3n) is 3.37. The molecular weight excluding hydrogens is 120 g/mol. The van der Waals surface area contributed by atoms with Crippen LogP contribution in [0.15, 0.2) is 12.2 Å². The van der Waals surface area contributed by atoms with Gasteiger partial charge in [-0.25, -0.2) is 0 Å². The molecule has 2 rings (SSSR count). The lowest BCUT2D eigenvalue weighted by Gasteiger charge is -2.21. The van der Waals surface area contributed by atoms with Crippen molar-refractivity contribution in [2.24, 2.45) is 17.8 Å². The lowest BCUT2D eigenvalue weighted by molar-refractivity contribution is 0.379. The molecule has 0 saturated heterocycles. The van der Waals surface area contributed by atoms with Crippen molar-refractivity contribution in [3.63, 3.8) is 0 Å². The molecule has 3 unspecified atom stereocenters. The average Bonchev–Trinajstić information content (AvgIpc) is 2.44. The van der Waals surface area contributed by atoms with Crippen molar-refractivity contribution >= 4 is 0 Å². The second-order valence-electron chi connectivity index (χ2n) is 4.13. The molecule has 0 aromatic carbocycles. The first-order valence-corrected chi connectivity index (χ1v) is 4.43. The summed E-state index contributed by atoms with van der Waals surface area (Å²) in [6.45, 7) is 6.26. The maximum Gasteiger partial charge on any atom is -0.0178 e. The molecule has 3 atom stereocenters. The first kappa shape index (κ1) is 6.45. The fourth-order valence-corrected chi connectivity index (χ4v) is 2.85. The summed E-state index contributed by atoms with van der Waals surface area (Å²) in [7, 11) is 0. The van der Waals surface area contributed by atoms with Crippen LogP contribution in [0.3, 0.4) is 0 Å². The van der Waals surface area contributed by atoms with Crippen molar-refractivity contribution in [1.82, 2.24) is 0 Å². The van der Waals surface area contributed by atoms with Gasteiger partial charge in [0.05, 0.1) is 0 Å². The van der Waals surface area contributed by atoms with E-state index >= 15 is 0 Å². The van der Waals surface area contributed by atoms with E-state index < -0.39 is 0 Å². The number of allylic oxidation sites excluding steroid dienone is 1. The number of rotatable bonds is 1. The zero-order valence-electron chi connectivity index (χ0n) is 6.77. The SMILES string of the molecule is C=C(C)C1CC2CCC1C2. The van der Waals surface area contributed by atoms with E-state index in [1.165, 1.54) is 31.3 Å². The predicted octanol–water partition coefficient (Wildman–Crippen LogP) is 3.00. The summed E-state index contributed by atoms with van der Waals surface area (Å²) in [5, 5.41) is 0. The Morgan fingerprint density at radius 1 is 1.30 bits per heavy atom. The Morgan fingerprint density at radius 3 is 2.40 bits per heavy atom. The summed E-state index contributed by atoms with van der Waals surface area (Å²) in [6, 6.07) is 0. The van der Waals surface area contributed by atoms with Crippen molar-refractivity contribution < 1.29 is 0 Å². The Morgan fingerprint density at radius 2 is 2.10 bits per heavy atom. The monoisotopic (exact) mass is 136 g/mol. The van der Waals surface area contributed by atoms with Crippen molar-refractivity contribution in [3.05, 3.63) is 12.2 Å². The highest BCUT2D eigenvalue weighted by molar-refractivity contribution is 5.06. The Labute approximate surface area is 63.3 Å². The molecular formula is C10H16. The maximum absolute atomic E-state index is 4.06. The maximum atomic E-state index is 4.06. The first-order chi connectivity index (χ1) is 4.77. The molecule has 2 aliphatic carbocycles. The van der Waals surface area contributed by atoms with Gasteiger partial charge < -0.3 is 0 Å². The van der Waals surface area contributed by atoms with Crippen LogP contribution in [0.1, 0.15) is 32.6 Å². The smallest absolute Gasteiger partial charge is 0.0178 e. The molecule has 2 saturated carbocycles. The van der Waals surface area contributed by atoms with Crippen LogP contribution >= 0.6 is 0 Å². The summed E-state index contributed by atoms with van der Waals surface area (Å²) in [5.74, 6) is 3.01. The Bertz CT molecular complexity index is 157. The molecule has 0 aromatic rings. The van der Waals surface area contributed by atoms with E-state index in [1.807, 2.05) is 0 Å². The quantitative estimate of drug-likeness (QED) is 0.486. The summed E-state index contributed by atoms with van der Waals surface area (Å²) < 4.78 is 0. The molecule has 10 heavy (non-hydrogen) atoms. The van der Waals surface area contributed by atoms with E-state index in [1.54, 1.807) is 0 Å². The molecule has 0 nitrogen and oxygen atoms in total. The summed E-state index contributed by atoms with van der Waals surface area (Å²) in [6.07, 6.45) is 5.97. The van der Waals surface area contributed by atoms with Gasteiger partial charge >= 0.3 is 0 Å². The van der Waals surface area contributed by atoms with E-state index in [0.717, 1.165) is 17.8 Å². The Balaban J connectivity index is 2.08. The van der Waals surface area contributed by atoms with E-state index in [0.29, 0.717) is 0 Å². The van der Waals surface area contributed by atoms with Gasteiger partial charge in [0, 0.05) is 0 Å². The Kier molecular flexibility index (Phi) is 1.36. The average molecular weight is 136 g/mol. The standard InChI is InChI=1S/C10H16/c1-7(2)10-6-8-3-4-9(10)5-8/h8-10H,1,3-6H2,2H3. The summed E-state index contributed by atoms with van der Waals surface area (Å²) in [4.78, 5) is 0. The molecule has 0 aliphatic heterocycles. The van der Waals surface area contributed by atoms with Gasteiger partial charge in [-0.2, -0.15) is 0 Å². The third-order valence-corrected chi connectivity index (χ3v) is 3.37. The van der Waals surface area contributed by atoms with Crippen LogP contribution in [-0.4, -0.2) is 0 Å². The second-order valence-corrected chi connectivity index (χ2v) is 4.13. The van der Waals surface area contributed by atoms with Gasteiger partial charge in [0.15, 0.2) is 0 Å². The second kappa shape index (κ2) is 2.11. The molecule has 2 bridgehead atoms. The van der Waals surface area contributed by atoms with E-state index in [9.17, 15) is 0 Å². The summed E-state index contributed by atoms with van der Waals surface area (Å²) >= 11 is 0. The minimum atomic E-state index is 0.902. The normalized spacial score (nSPS) is 44.3. The van der Waals surface area contributed by atoms with Gasteiger partial charge in [-0.3, -0.25) is 0 Å². The first-order valence-electron chi connectivity index (χ1n) is 4.43. The van der Waals surface area contributed by atoms with Gasteiger partial charge in [-0.1, -0.05) is 18.6 Å². The fourth-order valence-electron chi connectivity index (χ4n) is 2.85. The molecule has 0 heterocycles. The molecule has 0 aromatic heterocycles. The third kappa shape index (κ3) is 0.817.